The van der Waals surface area contributed by atoms with Crippen molar-refractivity contribution in [1.29, 1.82) is 0 Å². The first kappa shape index (κ1) is 20.5. The Morgan fingerprint density at radius 3 is 2.44 bits per heavy atom. The Labute approximate surface area is 191 Å². The van der Waals surface area contributed by atoms with Gasteiger partial charge in [0.25, 0.3) is 11.8 Å². The third-order valence-corrected chi connectivity index (χ3v) is 6.55. The number of hydrogen-bond donors (Lipinski definition) is 1. The number of benzene rings is 2. The molecular weight excluding hydrogens is 424 g/mol. The standard InChI is InChI=1S/C25H22N4O2.ClH/c1-27-14-19(16-6-2-4-8-20(16)27)18-12-23(30)29(25(18)31)24-17-7-3-5-9-21(17)28-13-15(26)10-11-22(24)28;/h2-9,12,14-15H,10-11,13,26H2,1H3;1H. The zero-order chi connectivity index (χ0) is 21.3. The maximum Gasteiger partial charge on any atom is 0.266 e. The number of aryl methyl sites for hydroxylation is 1. The van der Waals surface area contributed by atoms with Crippen molar-refractivity contribution >= 4 is 57.3 Å². The van der Waals surface area contributed by atoms with E-state index in [4.69, 9.17) is 5.73 Å². The number of rotatable bonds is 2. The fourth-order valence-electron chi connectivity index (χ4n) is 5.13. The SMILES string of the molecule is Cl.Cn1cc(C2=CC(=O)N(c3c4n(c5ccccc35)CC(N)CC4)C2=O)c2ccccc21. The third-order valence-electron chi connectivity index (χ3n) is 6.55. The molecule has 7 heteroatoms. The predicted molar refractivity (Wildman–Crippen MR) is 129 cm³/mol. The quantitative estimate of drug-likeness (QED) is 0.476. The number of para-hydroxylation sites is 2. The van der Waals surface area contributed by atoms with Crippen LogP contribution in [0.15, 0.2) is 60.8 Å². The fourth-order valence-corrected chi connectivity index (χ4v) is 5.13. The number of halogens is 1. The maximum absolute atomic E-state index is 13.7. The van der Waals surface area contributed by atoms with Crippen molar-refractivity contribution in [2.75, 3.05) is 4.90 Å². The minimum Gasteiger partial charge on any atom is -0.350 e. The van der Waals surface area contributed by atoms with Crippen molar-refractivity contribution in [3.8, 4) is 0 Å². The Morgan fingerprint density at radius 1 is 0.969 bits per heavy atom. The van der Waals surface area contributed by atoms with E-state index in [1.165, 1.54) is 11.0 Å². The lowest BCUT2D eigenvalue weighted by atomic mass is 10.0. The minimum absolute atomic E-state index is 0. The molecule has 0 radical (unpaired) electrons. The molecular formula is C25H23ClN4O2. The fraction of sp³-hybridized carbons (Fsp3) is 0.200. The number of anilines is 1. The second-order valence-corrected chi connectivity index (χ2v) is 8.43. The van der Waals surface area contributed by atoms with Crippen LogP contribution in [-0.2, 0) is 29.6 Å². The van der Waals surface area contributed by atoms with Gasteiger partial charge in [-0.15, -0.1) is 12.4 Å². The zero-order valence-electron chi connectivity index (χ0n) is 17.6. The van der Waals surface area contributed by atoms with Crippen LogP contribution < -0.4 is 10.6 Å². The Bertz CT molecular complexity index is 1450. The van der Waals surface area contributed by atoms with Crippen molar-refractivity contribution in [3.63, 3.8) is 0 Å². The van der Waals surface area contributed by atoms with Gasteiger partial charge in [0, 0.05) is 59.5 Å². The van der Waals surface area contributed by atoms with Crippen molar-refractivity contribution in [2.24, 2.45) is 12.8 Å². The third kappa shape index (κ3) is 2.76. The Hall–Kier alpha value is -3.35. The Morgan fingerprint density at radius 2 is 1.66 bits per heavy atom. The predicted octanol–water partition coefficient (Wildman–Crippen LogP) is 3.79. The summed E-state index contributed by atoms with van der Waals surface area (Å²) in [6.45, 7) is 0.690. The molecule has 0 saturated carbocycles. The molecule has 1 unspecified atom stereocenters. The van der Waals surface area contributed by atoms with E-state index in [0.717, 1.165) is 45.9 Å². The lowest BCUT2D eigenvalue weighted by Gasteiger charge is -2.24. The number of aromatic nitrogens is 2. The smallest absolute Gasteiger partial charge is 0.266 e. The summed E-state index contributed by atoms with van der Waals surface area (Å²) in [5.74, 6) is -0.558. The van der Waals surface area contributed by atoms with Gasteiger partial charge in [-0.3, -0.25) is 9.59 Å². The Kier molecular flexibility index (Phi) is 4.73. The number of nitrogens with two attached hydrogens (primary N) is 1. The van der Waals surface area contributed by atoms with Gasteiger partial charge in [0.05, 0.1) is 16.8 Å². The van der Waals surface area contributed by atoms with E-state index in [9.17, 15) is 9.59 Å². The molecule has 32 heavy (non-hydrogen) atoms. The minimum atomic E-state index is -0.290. The highest BCUT2D eigenvalue weighted by Gasteiger charge is 2.38. The van der Waals surface area contributed by atoms with Crippen LogP contribution in [0, 0.1) is 0 Å². The van der Waals surface area contributed by atoms with Gasteiger partial charge in [-0.1, -0.05) is 36.4 Å². The summed E-state index contributed by atoms with van der Waals surface area (Å²) < 4.78 is 4.16. The lowest BCUT2D eigenvalue weighted by Crippen LogP contribution is -2.35. The van der Waals surface area contributed by atoms with E-state index in [1.807, 2.05) is 66.3 Å². The molecule has 2 N–H and O–H groups in total. The average Bonchev–Trinajstić information content (AvgIpc) is 3.37. The van der Waals surface area contributed by atoms with Gasteiger partial charge in [0.1, 0.15) is 0 Å². The summed E-state index contributed by atoms with van der Waals surface area (Å²) >= 11 is 0. The molecule has 2 amide bonds. The van der Waals surface area contributed by atoms with Crippen LogP contribution in [0.5, 0.6) is 0 Å². The molecule has 0 spiro atoms. The number of fused-ring (bicyclic) bond motifs is 4. The van der Waals surface area contributed by atoms with Crippen LogP contribution in [0.2, 0.25) is 0 Å². The molecule has 0 bridgehead atoms. The summed E-state index contributed by atoms with van der Waals surface area (Å²) in [6.07, 6.45) is 4.99. The normalized spacial score (nSPS) is 18.2. The van der Waals surface area contributed by atoms with Crippen LogP contribution in [0.25, 0.3) is 27.4 Å². The second-order valence-electron chi connectivity index (χ2n) is 8.43. The monoisotopic (exact) mass is 446 g/mol. The summed E-state index contributed by atoms with van der Waals surface area (Å²) in [4.78, 5) is 28.2. The first-order valence-electron chi connectivity index (χ1n) is 10.5. The zero-order valence-corrected chi connectivity index (χ0v) is 18.4. The van der Waals surface area contributed by atoms with Gasteiger partial charge in [-0.2, -0.15) is 0 Å². The maximum atomic E-state index is 13.7. The van der Waals surface area contributed by atoms with Gasteiger partial charge >= 0.3 is 0 Å². The van der Waals surface area contributed by atoms with Crippen LogP contribution in [0.3, 0.4) is 0 Å². The molecule has 4 aromatic rings. The Balaban J connectivity index is 0.00000216. The second kappa shape index (κ2) is 7.36. The number of imide groups is 1. The first-order valence-corrected chi connectivity index (χ1v) is 10.5. The summed E-state index contributed by atoms with van der Waals surface area (Å²) in [6, 6.07) is 15.9. The molecule has 2 aliphatic heterocycles. The van der Waals surface area contributed by atoms with Gasteiger partial charge in [0.15, 0.2) is 0 Å². The van der Waals surface area contributed by atoms with Crippen molar-refractivity contribution in [2.45, 2.75) is 25.4 Å². The van der Waals surface area contributed by atoms with Crippen LogP contribution >= 0.6 is 12.4 Å². The highest BCUT2D eigenvalue weighted by molar-refractivity contribution is 6.45. The van der Waals surface area contributed by atoms with E-state index in [2.05, 4.69) is 4.57 Å². The molecule has 6 rings (SSSR count). The molecule has 162 valence electrons. The number of carbonyl (C=O) groups excluding carboxylic acids is 2. The molecule has 2 aliphatic rings. The van der Waals surface area contributed by atoms with Crippen LogP contribution in [-0.4, -0.2) is 27.0 Å². The number of hydrogen-bond acceptors (Lipinski definition) is 3. The van der Waals surface area contributed by atoms with Gasteiger partial charge in [-0.25, -0.2) is 4.90 Å². The number of nitrogens with zero attached hydrogens (tertiary/aromatic N) is 3. The van der Waals surface area contributed by atoms with Gasteiger partial charge in [0.2, 0.25) is 0 Å². The van der Waals surface area contributed by atoms with E-state index in [-0.39, 0.29) is 30.3 Å². The average molecular weight is 447 g/mol. The summed E-state index contributed by atoms with van der Waals surface area (Å²) in [7, 11) is 1.95. The highest BCUT2D eigenvalue weighted by Crippen LogP contribution is 2.41. The molecule has 0 saturated heterocycles. The van der Waals surface area contributed by atoms with E-state index in [1.54, 1.807) is 0 Å². The van der Waals surface area contributed by atoms with E-state index < -0.39 is 0 Å². The molecule has 6 nitrogen and oxygen atoms in total. The molecule has 0 fully saturated rings. The largest absolute Gasteiger partial charge is 0.350 e. The van der Waals surface area contributed by atoms with Crippen molar-refractivity contribution < 1.29 is 9.59 Å². The molecule has 4 heterocycles. The summed E-state index contributed by atoms with van der Waals surface area (Å²) in [5, 5.41) is 1.88. The van der Waals surface area contributed by atoms with E-state index in [0.29, 0.717) is 17.8 Å². The summed E-state index contributed by atoms with van der Waals surface area (Å²) in [5.41, 5.74) is 11.2. The number of amides is 2. The molecule has 0 aliphatic carbocycles. The van der Waals surface area contributed by atoms with Crippen molar-refractivity contribution in [3.05, 3.63) is 72.1 Å². The van der Waals surface area contributed by atoms with Gasteiger partial charge in [-0.05, 0) is 25.0 Å². The van der Waals surface area contributed by atoms with Crippen LogP contribution in [0.1, 0.15) is 17.7 Å². The van der Waals surface area contributed by atoms with Gasteiger partial charge < -0.3 is 14.9 Å². The number of carbonyl (C=O) groups is 2. The van der Waals surface area contributed by atoms with Crippen LogP contribution in [0.4, 0.5) is 5.69 Å². The van der Waals surface area contributed by atoms with Crippen molar-refractivity contribution in [1.82, 2.24) is 9.13 Å². The molecule has 2 aromatic carbocycles. The molecule has 1 atom stereocenters. The topological polar surface area (TPSA) is 73.3 Å². The lowest BCUT2D eigenvalue weighted by molar-refractivity contribution is -0.119. The first-order chi connectivity index (χ1) is 15.0. The highest BCUT2D eigenvalue weighted by atomic mass is 35.5. The molecule has 2 aromatic heterocycles. The van der Waals surface area contributed by atoms with E-state index >= 15 is 0 Å².